The molecule has 0 heterocycles. The van der Waals surface area contributed by atoms with Crippen LogP contribution in [0.3, 0.4) is 0 Å². The predicted molar refractivity (Wildman–Crippen MR) is 446 cm³/mol. The maximum absolute atomic E-state index is 13.0. The second kappa shape index (κ2) is 81.5. The van der Waals surface area contributed by atoms with Gasteiger partial charge in [0.05, 0.1) is 34.4 Å². The molecule has 1 N–H and O–H groups in total. The van der Waals surface area contributed by atoms with E-state index in [0.717, 1.165) is 141 Å². The minimum absolute atomic E-state index is 0.170. The number of unbranched alkanes of at least 4 members (excludes halogenated alkanes) is 25. The molecule has 0 spiro atoms. The molecule has 0 aliphatic rings. The molecule has 9 nitrogen and oxygen atoms in total. The molecule has 580 valence electrons. The molecule has 0 aromatic heterocycles. The number of rotatable bonds is 74. The minimum Gasteiger partial charge on any atom is -0.477 e. The van der Waals surface area contributed by atoms with Crippen molar-refractivity contribution in [2.45, 2.75) is 322 Å². The Hall–Kier alpha value is -6.13. The fourth-order valence-electron chi connectivity index (χ4n) is 10.8. The Kier molecular flexibility index (Phi) is 76.7. The molecule has 103 heavy (non-hydrogen) atoms. The van der Waals surface area contributed by atoms with Gasteiger partial charge in [0.25, 0.3) is 6.29 Å². The molecule has 0 saturated carbocycles. The third-order valence-corrected chi connectivity index (χ3v) is 17.0. The number of likely N-dealkylation sites (N-methyl/N-ethyl adjacent to an activating group) is 1. The Bertz CT molecular complexity index is 2460. The van der Waals surface area contributed by atoms with Crippen molar-refractivity contribution in [1.82, 2.24) is 0 Å². The number of carboxylic acids is 1. The number of esters is 2. The maximum Gasteiger partial charge on any atom is 0.361 e. The van der Waals surface area contributed by atoms with Crippen LogP contribution in [-0.2, 0) is 33.3 Å². The maximum atomic E-state index is 13.0. The fourth-order valence-corrected chi connectivity index (χ4v) is 10.8. The molecule has 0 bridgehead atoms. The number of hydrogen-bond donors (Lipinski definition) is 1. The number of allylic oxidation sites excluding steroid dienone is 34. The summed E-state index contributed by atoms with van der Waals surface area (Å²) in [7, 11) is 5.96. The number of quaternary nitrogens is 1. The van der Waals surface area contributed by atoms with Crippen molar-refractivity contribution in [3.05, 3.63) is 207 Å². The first kappa shape index (κ1) is 96.9. The van der Waals surface area contributed by atoms with Crippen LogP contribution in [0.5, 0.6) is 0 Å². The Morgan fingerprint density at radius 2 is 0.524 bits per heavy atom. The lowest BCUT2D eigenvalue weighted by molar-refractivity contribution is -0.870. The average molecular weight is 1420 g/mol. The van der Waals surface area contributed by atoms with Gasteiger partial charge in [-0.15, -0.1) is 0 Å². The summed E-state index contributed by atoms with van der Waals surface area (Å²) in [5, 5.41) is 9.78. The number of hydrogen-bond acceptors (Lipinski definition) is 7. The highest BCUT2D eigenvalue weighted by Gasteiger charge is 2.25. The molecule has 0 fully saturated rings. The first-order valence-electron chi connectivity index (χ1n) is 41.2. The van der Waals surface area contributed by atoms with Crippen molar-refractivity contribution in [3.63, 3.8) is 0 Å². The van der Waals surface area contributed by atoms with Crippen molar-refractivity contribution in [3.8, 4) is 0 Å². The van der Waals surface area contributed by atoms with Gasteiger partial charge in [0.2, 0.25) is 0 Å². The van der Waals surface area contributed by atoms with Gasteiger partial charge in [-0.1, -0.05) is 355 Å². The minimum atomic E-state index is -1.54. The van der Waals surface area contributed by atoms with E-state index in [0.29, 0.717) is 17.4 Å². The molecule has 9 heteroatoms. The zero-order valence-electron chi connectivity index (χ0n) is 66.4. The standard InChI is InChI=1S/C94H151NO8/c1-6-8-10-12-14-16-18-20-22-24-26-28-30-32-34-36-38-40-42-44-46-48-50-52-54-56-58-60-62-64-66-68-70-72-74-76-78-80-82-84-91(96)101-88-90(89-102-94(93(98)99)100-87-86-95(3,4)5)103-92(97)85-83-81-79-77-75-73-71-69-67-65-63-61-59-57-55-53-51-49-47-45-43-41-39-37-35-33-31-29-27-25-23-21-19-17-15-13-11-9-7-2/h8-11,14-17,20-23,26-29,32-35,39,41,45,47,51,53,57,59,63,65,69,71,75,77,90,94H,6-7,12-13,18-19,24-25,30-31,36-38,40,42-44,46,48-50,52,54-56,58,60-62,64,66-68,70,72-74,76,78-89H2,1-5H3/p+1/b10-8-,11-9-,16-14-,17-15-,22-20-,23-21-,28-26-,29-27-,34-32-,35-33-,41-39-,47-45-,53-51-,59-57-,65-63-,71-69-,77-75-. The van der Waals surface area contributed by atoms with Crippen molar-refractivity contribution in [2.24, 2.45) is 0 Å². The van der Waals surface area contributed by atoms with Gasteiger partial charge in [-0.3, -0.25) is 9.59 Å². The van der Waals surface area contributed by atoms with Crippen molar-refractivity contribution in [2.75, 3.05) is 47.5 Å². The zero-order chi connectivity index (χ0) is 74.6. The molecule has 0 radical (unpaired) electrons. The summed E-state index contributed by atoms with van der Waals surface area (Å²) in [6.07, 6.45) is 124. The lowest BCUT2D eigenvalue weighted by Crippen LogP contribution is -2.40. The van der Waals surface area contributed by atoms with Crippen LogP contribution >= 0.6 is 0 Å². The Balaban J connectivity index is 4.14. The van der Waals surface area contributed by atoms with Crippen LogP contribution in [-0.4, -0.2) is 87.4 Å². The van der Waals surface area contributed by atoms with Gasteiger partial charge in [0.15, 0.2) is 6.10 Å². The van der Waals surface area contributed by atoms with E-state index in [2.05, 4.69) is 220 Å². The molecular formula is C94H152NO8+. The highest BCUT2D eigenvalue weighted by molar-refractivity contribution is 5.71. The molecular weight excluding hydrogens is 1270 g/mol. The van der Waals surface area contributed by atoms with Crippen molar-refractivity contribution in [1.29, 1.82) is 0 Å². The normalized spacial score (nSPS) is 13.8. The second-order valence-corrected chi connectivity index (χ2v) is 28.0. The Morgan fingerprint density at radius 1 is 0.291 bits per heavy atom. The van der Waals surface area contributed by atoms with E-state index in [1.54, 1.807) is 0 Å². The zero-order valence-corrected chi connectivity index (χ0v) is 66.4. The van der Waals surface area contributed by atoms with Crippen LogP contribution in [0.1, 0.15) is 309 Å². The Morgan fingerprint density at radius 3 is 0.796 bits per heavy atom. The van der Waals surface area contributed by atoms with Crippen LogP contribution in [0, 0.1) is 0 Å². The summed E-state index contributed by atoms with van der Waals surface area (Å²) in [6, 6.07) is 0. The van der Waals surface area contributed by atoms with Crippen molar-refractivity contribution >= 4 is 17.9 Å². The molecule has 0 aromatic rings. The van der Waals surface area contributed by atoms with Gasteiger partial charge in [-0.25, -0.2) is 4.79 Å². The molecule has 0 aromatic carbocycles. The lowest BCUT2D eigenvalue weighted by atomic mass is 10.0. The first-order valence-corrected chi connectivity index (χ1v) is 41.2. The quantitative estimate of drug-likeness (QED) is 0.0211. The molecule has 0 saturated heterocycles. The van der Waals surface area contributed by atoms with E-state index >= 15 is 0 Å². The molecule has 0 amide bonds. The van der Waals surface area contributed by atoms with Gasteiger partial charge < -0.3 is 28.5 Å². The van der Waals surface area contributed by atoms with Crippen LogP contribution in [0.25, 0.3) is 0 Å². The third kappa shape index (κ3) is 83.0. The number of ether oxygens (including phenoxy) is 4. The molecule has 0 aliphatic carbocycles. The summed E-state index contributed by atoms with van der Waals surface area (Å²) in [5.74, 6) is -2.07. The van der Waals surface area contributed by atoms with E-state index in [-0.39, 0.29) is 38.6 Å². The lowest BCUT2D eigenvalue weighted by Gasteiger charge is -2.25. The summed E-state index contributed by atoms with van der Waals surface area (Å²) < 4.78 is 23.0. The molecule has 2 unspecified atom stereocenters. The largest absolute Gasteiger partial charge is 0.477 e. The second-order valence-electron chi connectivity index (χ2n) is 28.0. The topological polar surface area (TPSA) is 108 Å². The van der Waals surface area contributed by atoms with Gasteiger partial charge in [0.1, 0.15) is 13.2 Å². The van der Waals surface area contributed by atoms with E-state index < -0.39 is 24.3 Å². The van der Waals surface area contributed by atoms with E-state index in [4.69, 9.17) is 18.9 Å². The van der Waals surface area contributed by atoms with Gasteiger partial charge in [-0.05, 0) is 148 Å². The SMILES string of the molecule is CC/C=C\C/C=C\C/C=C\C/C=C\C/C=C\C/C=C\C/C=C\C/C=C\C/C=C\C/C=C\C/C=C\C/C=C\CCCCC(=O)OC(COC(=O)CCCCCCCCCCCCCCCCCCCCCCCCC/C=C\C/C=C\C/C=C\C/C=C\C/C=C\CC)COC(OCC[N+](C)(C)C)C(=O)O. The number of aliphatic carboxylic acids is 1. The van der Waals surface area contributed by atoms with Crippen molar-refractivity contribution < 1.29 is 42.9 Å². The van der Waals surface area contributed by atoms with Crippen LogP contribution in [0.2, 0.25) is 0 Å². The number of carboxylic acid groups (broad SMARTS) is 1. The summed E-state index contributed by atoms with van der Waals surface area (Å²) in [6.45, 7) is 4.60. The summed E-state index contributed by atoms with van der Waals surface area (Å²) in [4.78, 5) is 37.7. The van der Waals surface area contributed by atoms with E-state index in [9.17, 15) is 19.5 Å². The number of carbonyl (C=O) groups excluding carboxylic acids is 2. The highest BCUT2D eigenvalue weighted by atomic mass is 16.7. The average Bonchev–Trinajstić information content (AvgIpc) is 0.985. The van der Waals surface area contributed by atoms with E-state index in [1.807, 2.05) is 21.1 Å². The molecule has 0 aliphatic heterocycles. The smallest absolute Gasteiger partial charge is 0.361 e. The fraction of sp³-hybridized carbons (Fsp3) is 0.606. The predicted octanol–water partition coefficient (Wildman–Crippen LogP) is 27.0. The third-order valence-electron chi connectivity index (χ3n) is 17.0. The van der Waals surface area contributed by atoms with Crippen LogP contribution < -0.4 is 0 Å². The summed E-state index contributed by atoms with van der Waals surface area (Å²) >= 11 is 0. The van der Waals surface area contributed by atoms with Crippen LogP contribution in [0.15, 0.2) is 207 Å². The van der Waals surface area contributed by atoms with Gasteiger partial charge in [0, 0.05) is 12.8 Å². The van der Waals surface area contributed by atoms with Crippen LogP contribution in [0.4, 0.5) is 0 Å². The van der Waals surface area contributed by atoms with Gasteiger partial charge >= 0.3 is 17.9 Å². The monoisotopic (exact) mass is 1420 g/mol. The highest BCUT2D eigenvalue weighted by Crippen LogP contribution is 2.18. The molecule has 0 rings (SSSR count). The summed E-state index contributed by atoms with van der Waals surface area (Å²) in [5.41, 5.74) is 0. The molecule has 2 atom stereocenters. The number of carbonyl (C=O) groups is 3. The van der Waals surface area contributed by atoms with E-state index in [1.165, 1.54) is 135 Å². The Labute approximate surface area is 633 Å². The van der Waals surface area contributed by atoms with Gasteiger partial charge in [-0.2, -0.15) is 0 Å². The first-order chi connectivity index (χ1) is 50.6. The number of nitrogens with zero attached hydrogens (tertiary/aromatic N) is 1.